The Kier molecular flexibility index (Phi) is 5.22. The van der Waals surface area contributed by atoms with Crippen molar-refractivity contribution in [1.29, 1.82) is 0 Å². The minimum atomic E-state index is 0.142. The van der Waals surface area contributed by atoms with Crippen LogP contribution in [0, 0.1) is 5.92 Å². The number of hydrogen-bond acceptors (Lipinski definition) is 2. The topological polar surface area (TPSA) is 23.6 Å². The van der Waals surface area contributed by atoms with Crippen molar-refractivity contribution in [2.45, 2.75) is 26.2 Å². The van der Waals surface area contributed by atoms with Crippen LogP contribution in [0.15, 0.2) is 22.7 Å². The molecule has 1 aromatic rings. The Hall–Kier alpha value is -0.870. The maximum atomic E-state index is 12.7. The van der Waals surface area contributed by atoms with E-state index in [0.29, 0.717) is 0 Å². The number of hydrogen-bond donors (Lipinski definition) is 0. The summed E-state index contributed by atoms with van der Waals surface area (Å²) >= 11 is 3.53. The first-order valence-corrected chi connectivity index (χ1v) is 8.06. The molecule has 4 heteroatoms. The SMILES string of the molecule is CCN1C(=O)C(CCN(C)C)CCc2cc(Br)ccc21. The molecular formula is C16H23BrN2O. The van der Waals surface area contributed by atoms with Crippen LogP contribution in [0.4, 0.5) is 5.69 Å². The summed E-state index contributed by atoms with van der Waals surface area (Å²) in [7, 11) is 4.12. The van der Waals surface area contributed by atoms with Gasteiger partial charge in [0.1, 0.15) is 0 Å². The van der Waals surface area contributed by atoms with Crippen LogP contribution in [0.3, 0.4) is 0 Å². The molecule has 0 spiro atoms. The van der Waals surface area contributed by atoms with Gasteiger partial charge >= 0.3 is 0 Å². The highest BCUT2D eigenvalue weighted by Crippen LogP contribution is 2.32. The second-order valence-corrected chi connectivity index (χ2v) is 6.60. The predicted octanol–water partition coefficient (Wildman–Crippen LogP) is 3.32. The lowest BCUT2D eigenvalue weighted by atomic mass is 9.97. The van der Waals surface area contributed by atoms with Gasteiger partial charge < -0.3 is 9.80 Å². The van der Waals surface area contributed by atoms with Crippen LogP contribution < -0.4 is 4.90 Å². The molecule has 110 valence electrons. The van der Waals surface area contributed by atoms with Gasteiger partial charge in [-0.1, -0.05) is 15.9 Å². The maximum Gasteiger partial charge on any atom is 0.230 e. The van der Waals surface area contributed by atoms with Crippen molar-refractivity contribution in [2.75, 3.05) is 32.1 Å². The quantitative estimate of drug-likeness (QED) is 0.840. The molecule has 1 heterocycles. The van der Waals surface area contributed by atoms with Gasteiger partial charge in [-0.05, 0) is 70.6 Å². The van der Waals surface area contributed by atoms with E-state index in [4.69, 9.17) is 0 Å². The molecule has 1 atom stereocenters. The number of carbonyl (C=O) groups is 1. The van der Waals surface area contributed by atoms with Crippen LogP contribution in [0.2, 0.25) is 0 Å². The van der Waals surface area contributed by atoms with Crippen LogP contribution in [0.25, 0.3) is 0 Å². The highest BCUT2D eigenvalue weighted by molar-refractivity contribution is 9.10. The van der Waals surface area contributed by atoms with Crippen LogP contribution >= 0.6 is 15.9 Å². The third-order valence-corrected chi connectivity index (χ3v) is 4.44. The molecule has 0 saturated heterocycles. The summed E-state index contributed by atoms with van der Waals surface area (Å²) in [5, 5.41) is 0. The fourth-order valence-electron chi connectivity index (χ4n) is 2.82. The zero-order valence-electron chi connectivity index (χ0n) is 12.5. The third-order valence-electron chi connectivity index (χ3n) is 3.95. The molecule has 0 aliphatic carbocycles. The molecule has 0 bridgehead atoms. The summed E-state index contributed by atoms with van der Waals surface area (Å²) in [6, 6.07) is 6.24. The zero-order valence-corrected chi connectivity index (χ0v) is 14.1. The molecule has 0 fully saturated rings. The van der Waals surface area contributed by atoms with Gasteiger partial charge in [0.2, 0.25) is 5.91 Å². The first kappa shape index (κ1) is 15.5. The predicted molar refractivity (Wildman–Crippen MR) is 87.2 cm³/mol. The smallest absolute Gasteiger partial charge is 0.230 e. The lowest BCUT2D eigenvalue weighted by molar-refractivity contribution is -0.122. The van der Waals surface area contributed by atoms with Gasteiger partial charge in [0.05, 0.1) is 0 Å². The number of aryl methyl sites for hydroxylation is 1. The maximum absolute atomic E-state index is 12.7. The molecule has 3 nitrogen and oxygen atoms in total. The van der Waals surface area contributed by atoms with Crippen molar-refractivity contribution in [3.63, 3.8) is 0 Å². The normalized spacial score (nSPS) is 19.1. The van der Waals surface area contributed by atoms with E-state index < -0.39 is 0 Å². The average Bonchev–Trinajstić information content (AvgIpc) is 2.53. The zero-order chi connectivity index (χ0) is 14.7. The third kappa shape index (κ3) is 3.41. The van der Waals surface area contributed by atoms with E-state index in [2.05, 4.69) is 54.0 Å². The summed E-state index contributed by atoms with van der Waals surface area (Å²) in [4.78, 5) is 16.8. The molecule has 1 unspecified atom stereocenters. The minimum Gasteiger partial charge on any atom is -0.312 e. The monoisotopic (exact) mass is 338 g/mol. The number of nitrogens with zero attached hydrogens (tertiary/aromatic N) is 2. The standard InChI is InChI=1S/C16H23BrN2O/c1-4-19-15-8-7-14(17)11-13(15)6-5-12(16(19)20)9-10-18(2)3/h7-8,11-12H,4-6,9-10H2,1-3H3. The largest absolute Gasteiger partial charge is 0.312 e. The van der Waals surface area contributed by atoms with Gasteiger partial charge in [0.15, 0.2) is 0 Å². The molecule has 1 amide bonds. The highest BCUT2D eigenvalue weighted by Gasteiger charge is 2.29. The first-order chi connectivity index (χ1) is 9.52. The molecule has 0 saturated carbocycles. The molecule has 1 aliphatic heterocycles. The van der Waals surface area contributed by atoms with E-state index in [1.165, 1.54) is 5.56 Å². The number of benzene rings is 1. The van der Waals surface area contributed by atoms with E-state index in [0.717, 1.165) is 42.5 Å². The molecule has 0 aromatic heterocycles. The number of rotatable bonds is 4. The Morgan fingerprint density at radius 2 is 2.15 bits per heavy atom. The van der Waals surface area contributed by atoms with Crippen LogP contribution in [-0.2, 0) is 11.2 Å². The molecule has 20 heavy (non-hydrogen) atoms. The Bertz CT molecular complexity index is 487. The number of amides is 1. The lowest BCUT2D eigenvalue weighted by Gasteiger charge is -2.25. The number of carbonyl (C=O) groups excluding carboxylic acids is 1. The highest BCUT2D eigenvalue weighted by atomic mass is 79.9. The number of fused-ring (bicyclic) bond motifs is 1. The molecule has 0 N–H and O–H groups in total. The van der Waals surface area contributed by atoms with E-state index in [-0.39, 0.29) is 11.8 Å². The molecule has 1 aliphatic rings. The summed E-state index contributed by atoms with van der Waals surface area (Å²) in [6.45, 7) is 3.76. The number of halogens is 1. The van der Waals surface area contributed by atoms with Crippen LogP contribution in [0.1, 0.15) is 25.3 Å². The van der Waals surface area contributed by atoms with E-state index in [1.807, 2.05) is 11.0 Å². The minimum absolute atomic E-state index is 0.142. The van der Waals surface area contributed by atoms with Crippen molar-refractivity contribution < 1.29 is 4.79 Å². The van der Waals surface area contributed by atoms with Crippen molar-refractivity contribution in [1.82, 2.24) is 4.90 Å². The van der Waals surface area contributed by atoms with Crippen molar-refractivity contribution in [2.24, 2.45) is 5.92 Å². The van der Waals surface area contributed by atoms with Crippen molar-refractivity contribution >= 4 is 27.5 Å². The Morgan fingerprint density at radius 1 is 1.40 bits per heavy atom. The summed E-state index contributed by atoms with van der Waals surface area (Å²) < 4.78 is 1.09. The average molecular weight is 339 g/mol. The fourth-order valence-corrected chi connectivity index (χ4v) is 3.23. The van der Waals surface area contributed by atoms with Crippen molar-refractivity contribution in [3.05, 3.63) is 28.2 Å². The Morgan fingerprint density at radius 3 is 2.80 bits per heavy atom. The van der Waals surface area contributed by atoms with E-state index in [1.54, 1.807) is 0 Å². The van der Waals surface area contributed by atoms with Gasteiger partial charge in [0, 0.05) is 22.6 Å². The molecule has 0 radical (unpaired) electrons. The van der Waals surface area contributed by atoms with Crippen molar-refractivity contribution in [3.8, 4) is 0 Å². The molecule has 1 aromatic carbocycles. The first-order valence-electron chi connectivity index (χ1n) is 7.27. The van der Waals surface area contributed by atoms with E-state index in [9.17, 15) is 4.79 Å². The Balaban J connectivity index is 2.25. The van der Waals surface area contributed by atoms with Gasteiger partial charge in [0.25, 0.3) is 0 Å². The second-order valence-electron chi connectivity index (χ2n) is 5.68. The van der Waals surface area contributed by atoms with E-state index >= 15 is 0 Å². The summed E-state index contributed by atoms with van der Waals surface area (Å²) in [5.74, 6) is 0.430. The second kappa shape index (κ2) is 6.72. The Labute approximate surface area is 130 Å². The summed E-state index contributed by atoms with van der Waals surface area (Å²) in [6.07, 6.45) is 2.87. The molecular weight excluding hydrogens is 316 g/mol. The lowest BCUT2D eigenvalue weighted by Crippen LogP contribution is -2.36. The van der Waals surface area contributed by atoms with Gasteiger partial charge in [-0.15, -0.1) is 0 Å². The van der Waals surface area contributed by atoms with Gasteiger partial charge in [-0.3, -0.25) is 4.79 Å². The van der Waals surface area contributed by atoms with Crippen LogP contribution in [-0.4, -0.2) is 38.0 Å². The fraction of sp³-hybridized carbons (Fsp3) is 0.562. The van der Waals surface area contributed by atoms with Gasteiger partial charge in [-0.2, -0.15) is 0 Å². The van der Waals surface area contributed by atoms with Crippen LogP contribution in [0.5, 0.6) is 0 Å². The molecule has 2 rings (SSSR count). The van der Waals surface area contributed by atoms with Gasteiger partial charge in [-0.25, -0.2) is 0 Å². The summed E-state index contributed by atoms with van der Waals surface area (Å²) in [5.41, 5.74) is 2.37. The number of anilines is 1.